The van der Waals surface area contributed by atoms with Crippen molar-refractivity contribution in [1.82, 2.24) is 16.0 Å². The summed E-state index contributed by atoms with van der Waals surface area (Å²) in [4.78, 5) is 64.3. The van der Waals surface area contributed by atoms with E-state index in [1.54, 1.807) is 20.8 Å². The topological polar surface area (TPSA) is 290 Å². The van der Waals surface area contributed by atoms with Crippen LogP contribution in [0.3, 0.4) is 0 Å². The Balaban J connectivity index is 0.000000389. The largest absolute Gasteiger partial charge is 0.480 e. The second-order valence-electron chi connectivity index (χ2n) is 14.7. The molecule has 2 fully saturated rings. The number of alkyl carbamates (subject to hydrolysis) is 1. The zero-order valence-corrected chi connectivity index (χ0v) is 34.6. The minimum atomic E-state index is -1.09. The first-order chi connectivity index (χ1) is 28.3. The standard InChI is InChI=1S/C14H19NO4.C10H13NO2.C9H11NO2.2C5H9NO2/c1-14(2,3)19-13(18)15-11(12(16)17)9-10-7-5-4-6-8-10;1-13-10(12)9(11)7-8-5-3-2-4-6-8;10-8(9(11)12)6-7-4-2-1-3-5-7;2*7-5(8)4-2-1-3-6-4/h4-8,11H,9H2,1-3H3,(H,15,18)(H,16,17);2-6,9H,7,11H2,1H3;1-5,8H,6,10H2,(H,11,12);2*4,6H,1-3H2,(H,7,8)/t11-;9-;8-;2*4-/m00000/s1. The summed E-state index contributed by atoms with van der Waals surface area (Å²) < 4.78 is 9.56. The number of rotatable bonds is 12. The first kappa shape index (κ1) is 52.1. The molecule has 0 saturated carbocycles. The molecule has 0 aliphatic carbocycles. The second kappa shape index (κ2) is 28.5. The summed E-state index contributed by atoms with van der Waals surface area (Å²) >= 11 is 0. The maximum atomic E-state index is 11.6. The lowest BCUT2D eigenvalue weighted by molar-refractivity contribution is -0.142. The van der Waals surface area contributed by atoms with Crippen molar-refractivity contribution in [1.29, 1.82) is 0 Å². The lowest BCUT2D eigenvalue weighted by Crippen LogP contribution is -2.44. The van der Waals surface area contributed by atoms with Crippen LogP contribution in [0.4, 0.5) is 4.79 Å². The van der Waals surface area contributed by atoms with Crippen molar-refractivity contribution < 1.29 is 58.7 Å². The zero-order chi connectivity index (χ0) is 45.1. The van der Waals surface area contributed by atoms with E-state index >= 15 is 0 Å². The summed E-state index contributed by atoms with van der Waals surface area (Å²) in [6, 6.07) is 25.2. The van der Waals surface area contributed by atoms with E-state index in [-0.39, 0.29) is 24.5 Å². The molecule has 17 nitrogen and oxygen atoms in total. The number of nitrogens with two attached hydrogens (primary N) is 2. The second-order valence-corrected chi connectivity index (χ2v) is 14.7. The fourth-order valence-corrected chi connectivity index (χ4v) is 5.35. The molecule has 0 unspecified atom stereocenters. The van der Waals surface area contributed by atoms with Gasteiger partial charge in [-0.1, -0.05) is 91.0 Å². The van der Waals surface area contributed by atoms with Crippen LogP contribution in [-0.4, -0.2) is 112 Å². The molecule has 0 spiro atoms. The number of amides is 1. The van der Waals surface area contributed by atoms with Gasteiger partial charge in [-0.15, -0.1) is 0 Å². The fraction of sp³-hybridized carbons (Fsp3) is 0.442. The average Bonchev–Trinajstić information content (AvgIpc) is 3.96. The Morgan fingerprint density at radius 3 is 1.32 bits per heavy atom. The molecule has 3 aromatic rings. The van der Waals surface area contributed by atoms with E-state index in [4.69, 9.17) is 36.6 Å². The molecule has 1 amide bonds. The molecule has 0 bridgehead atoms. The highest BCUT2D eigenvalue weighted by Crippen LogP contribution is 2.09. The van der Waals surface area contributed by atoms with Gasteiger partial charge in [0.25, 0.3) is 0 Å². The number of ether oxygens (including phenoxy) is 2. The molecule has 3 aromatic carbocycles. The maximum Gasteiger partial charge on any atom is 0.408 e. The minimum absolute atomic E-state index is 0.218. The Bertz CT molecular complexity index is 1690. The molecule has 2 saturated heterocycles. The van der Waals surface area contributed by atoms with Crippen molar-refractivity contribution in [2.24, 2.45) is 11.5 Å². The highest BCUT2D eigenvalue weighted by atomic mass is 16.6. The summed E-state index contributed by atoms with van der Waals surface area (Å²) in [5.74, 6) is -3.86. The molecule has 0 aromatic heterocycles. The van der Waals surface area contributed by atoms with Crippen molar-refractivity contribution in [3.63, 3.8) is 0 Å². The van der Waals surface area contributed by atoms with Crippen molar-refractivity contribution in [3.05, 3.63) is 108 Å². The molecule has 2 heterocycles. The number of carboxylic acids is 4. The van der Waals surface area contributed by atoms with Crippen LogP contribution in [0.25, 0.3) is 0 Å². The van der Waals surface area contributed by atoms with Crippen LogP contribution in [0.1, 0.15) is 63.1 Å². The molecule has 17 heteroatoms. The van der Waals surface area contributed by atoms with Crippen LogP contribution in [-0.2, 0) is 52.7 Å². The van der Waals surface area contributed by atoms with E-state index in [0.717, 1.165) is 55.5 Å². The van der Waals surface area contributed by atoms with E-state index in [2.05, 4.69) is 20.7 Å². The zero-order valence-electron chi connectivity index (χ0n) is 34.6. The van der Waals surface area contributed by atoms with Crippen molar-refractivity contribution in [2.75, 3.05) is 20.2 Å². The number of hydrogen-bond donors (Lipinski definition) is 9. The van der Waals surface area contributed by atoms with Gasteiger partial charge in [-0.25, -0.2) is 9.59 Å². The highest BCUT2D eigenvalue weighted by Gasteiger charge is 2.24. The van der Waals surface area contributed by atoms with Crippen LogP contribution < -0.4 is 27.4 Å². The summed E-state index contributed by atoms with van der Waals surface area (Å²) in [6.45, 7) is 6.88. The molecule has 60 heavy (non-hydrogen) atoms. The van der Waals surface area contributed by atoms with Gasteiger partial charge < -0.3 is 57.3 Å². The van der Waals surface area contributed by atoms with Crippen molar-refractivity contribution in [3.8, 4) is 0 Å². The Hall–Kier alpha value is -5.88. The normalized spacial score (nSPS) is 16.6. The third-order valence-electron chi connectivity index (χ3n) is 8.41. The number of methoxy groups -OCH3 is 1. The lowest BCUT2D eigenvalue weighted by Gasteiger charge is -2.22. The number of hydrogen-bond acceptors (Lipinski definition) is 12. The van der Waals surface area contributed by atoms with Gasteiger partial charge in [0.05, 0.1) is 7.11 Å². The minimum Gasteiger partial charge on any atom is -0.480 e. The van der Waals surface area contributed by atoms with Gasteiger partial charge in [0.1, 0.15) is 35.8 Å². The van der Waals surface area contributed by atoms with Gasteiger partial charge >= 0.3 is 35.9 Å². The van der Waals surface area contributed by atoms with Gasteiger partial charge in [0, 0.05) is 6.42 Å². The monoisotopic (exact) mass is 839 g/mol. The van der Waals surface area contributed by atoms with Crippen molar-refractivity contribution >= 4 is 35.9 Å². The quantitative estimate of drug-likeness (QED) is 0.118. The number of carbonyl (C=O) groups excluding carboxylic acids is 2. The fourth-order valence-electron chi connectivity index (χ4n) is 5.35. The van der Waals surface area contributed by atoms with Crippen LogP contribution in [0.15, 0.2) is 91.0 Å². The summed E-state index contributed by atoms with van der Waals surface area (Å²) in [6.07, 6.45) is 3.97. The predicted octanol–water partition coefficient (Wildman–Crippen LogP) is 3.22. The number of aliphatic carboxylic acids is 4. The molecule has 330 valence electrons. The summed E-state index contributed by atoms with van der Waals surface area (Å²) in [5.41, 5.74) is 13.1. The number of benzene rings is 3. The molecule has 2 aliphatic rings. The number of nitrogens with one attached hydrogen (secondary N) is 3. The highest BCUT2D eigenvalue weighted by molar-refractivity contribution is 5.80. The molecule has 0 radical (unpaired) electrons. The smallest absolute Gasteiger partial charge is 0.408 e. The summed E-state index contributed by atoms with van der Waals surface area (Å²) in [5, 5.41) is 42.4. The van der Waals surface area contributed by atoms with Gasteiger partial charge in [0.15, 0.2) is 0 Å². The van der Waals surface area contributed by atoms with Crippen molar-refractivity contribution in [2.45, 2.75) is 102 Å². The van der Waals surface area contributed by atoms with Crippen LogP contribution in [0.5, 0.6) is 0 Å². The van der Waals surface area contributed by atoms with Crippen LogP contribution in [0.2, 0.25) is 0 Å². The number of carbonyl (C=O) groups is 6. The van der Waals surface area contributed by atoms with E-state index in [1.807, 2.05) is 91.0 Å². The molecular formula is C43H61N5O12. The van der Waals surface area contributed by atoms with Gasteiger partial charge in [-0.2, -0.15) is 0 Å². The SMILES string of the molecule is CC(C)(C)OC(=O)N[C@@H](Cc1ccccc1)C(=O)O.COC(=O)[C@@H](N)Cc1ccccc1.N[C@@H](Cc1ccccc1)C(=O)O.O=C(O)[C@@H]1CCCN1.O=C(O)[C@@H]1CCCN1. The Labute approximate surface area is 350 Å². The van der Waals surface area contributed by atoms with Gasteiger partial charge in [-0.05, 0) is 89.1 Å². The van der Waals surface area contributed by atoms with Crippen LogP contribution >= 0.6 is 0 Å². The molecule has 2 aliphatic heterocycles. The van der Waals surface area contributed by atoms with Gasteiger partial charge in [-0.3, -0.25) is 19.2 Å². The average molecular weight is 840 g/mol. The first-order valence-corrected chi connectivity index (χ1v) is 19.4. The van der Waals surface area contributed by atoms with E-state index in [9.17, 15) is 28.8 Å². The third-order valence-corrected chi connectivity index (χ3v) is 8.41. The van der Waals surface area contributed by atoms with E-state index in [1.165, 1.54) is 7.11 Å². The van der Waals surface area contributed by atoms with E-state index in [0.29, 0.717) is 12.8 Å². The van der Waals surface area contributed by atoms with E-state index < -0.39 is 53.7 Å². The number of esters is 1. The first-order valence-electron chi connectivity index (χ1n) is 19.4. The molecular weight excluding hydrogens is 778 g/mol. The molecule has 5 rings (SSSR count). The Morgan fingerprint density at radius 2 is 1.03 bits per heavy atom. The predicted molar refractivity (Wildman–Crippen MR) is 224 cm³/mol. The molecule has 11 N–H and O–H groups in total. The number of carboxylic acid groups (broad SMARTS) is 4. The third kappa shape index (κ3) is 24.1. The maximum absolute atomic E-state index is 11.6. The van der Waals surface area contributed by atoms with Crippen LogP contribution in [0, 0.1) is 0 Å². The summed E-state index contributed by atoms with van der Waals surface area (Å²) in [7, 11) is 1.34. The van der Waals surface area contributed by atoms with Gasteiger partial charge in [0.2, 0.25) is 0 Å². The molecule has 5 atom stereocenters. The Kier molecular flexibility index (Phi) is 24.8. The lowest BCUT2D eigenvalue weighted by atomic mass is 10.1. The Morgan fingerprint density at radius 1 is 0.650 bits per heavy atom.